The van der Waals surface area contributed by atoms with Crippen molar-refractivity contribution in [1.82, 2.24) is 9.88 Å². The van der Waals surface area contributed by atoms with Crippen molar-refractivity contribution in [3.8, 4) is 6.07 Å². The van der Waals surface area contributed by atoms with Crippen molar-refractivity contribution in [3.63, 3.8) is 0 Å². The van der Waals surface area contributed by atoms with Gasteiger partial charge in [-0.3, -0.25) is 9.69 Å². The Labute approximate surface area is 117 Å². The lowest BCUT2D eigenvalue weighted by molar-refractivity contribution is 0.244. The Morgan fingerprint density at radius 1 is 1.35 bits per heavy atom. The third-order valence-electron chi connectivity index (χ3n) is 3.70. The predicted molar refractivity (Wildman–Crippen MR) is 76.0 cm³/mol. The second-order valence-corrected chi connectivity index (χ2v) is 5.08. The van der Waals surface area contributed by atoms with Crippen molar-refractivity contribution < 1.29 is 0 Å². The van der Waals surface area contributed by atoms with E-state index in [4.69, 9.17) is 5.26 Å². The summed E-state index contributed by atoms with van der Waals surface area (Å²) in [5, 5.41) is 8.93. The largest absolute Gasteiger partial charge is 0.329 e. The molecule has 1 aliphatic rings. The molecule has 0 saturated carbocycles. The number of nitrogens with zero attached hydrogens (tertiary/aromatic N) is 2. The molecule has 1 aliphatic heterocycles. The van der Waals surface area contributed by atoms with Gasteiger partial charge in [0.2, 0.25) is 0 Å². The van der Waals surface area contributed by atoms with Gasteiger partial charge < -0.3 is 4.98 Å². The van der Waals surface area contributed by atoms with E-state index in [9.17, 15) is 4.79 Å². The van der Waals surface area contributed by atoms with Gasteiger partial charge in [-0.05, 0) is 35.7 Å². The van der Waals surface area contributed by atoms with Crippen LogP contribution in [0.5, 0.6) is 0 Å². The number of nitriles is 1. The highest BCUT2D eigenvalue weighted by atomic mass is 16.1. The normalized spacial score (nSPS) is 14.6. The number of rotatable bonds is 2. The summed E-state index contributed by atoms with van der Waals surface area (Å²) in [6.07, 6.45) is 2.62. The highest BCUT2D eigenvalue weighted by Gasteiger charge is 2.18. The molecule has 1 aromatic carbocycles. The van der Waals surface area contributed by atoms with E-state index in [0.29, 0.717) is 12.1 Å². The fourth-order valence-electron chi connectivity index (χ4n) is 2.67. The van der Waals surface area contributed by atoms with Gasteiger partial charge in [-0.1, -0.05) is 12.1 Å². The number of H-pyrrole nitrogens is 1. The van der Waals surface area contributed by atoms with Gasteiger partial charge >= 0.3 is 0 Å². The Balaban J connectivity index is 1.79. The van der Waals surface area contributed by atoms with Gasteiger partial charge in [0, 0.05) is 31.4 Å². The Bertz CT molecular complexity index is 727. The lowest BCUT2D eigenvalue weighted by Crippen LogP contribution is -2.34. The zero-order chi connectivity index (χ0) is 13.9. The molecule has 0 aliphatic carbocycles. The molecule has 4 nitrogen and oxygen atoms in total. The molecule has 4 heteroatoms. The minimum Gasteiger partial charge on any atom is -0.329 e. The minimum absolute atomic E-state index is 0.0120. The lowest BCUT2D eigenvalue weighted by atomic mass is 10.0. The maximum absolute atomic E-state index is 11.8. The first-order valence-electron chi connectivity index (χ1n) is 6.67. The number of pyridine rings is 1. The Morgan fingerprint density at radius 3 is 3.10 bits per heavy atom. The maximum Gasteiger partial charge on any atom is 0.252 e. The average Bonchev–Trinajstić information content (AvgIpc) is 2.48. The third-order valence-corrected chi connectivity index (χ3v) is 3.70. The fraction of sp³-hybridized carbons (Fsp3) is 0.250. The van der Waals surface area contributed by atoms with Gasteiger partial charge in [-0.15, -0.1) is 0 Å². The monoisotopic (exact) mass is 265 g/mol. The van der Waals surface area contributed by atoms with Crippen molar-refractivity contribution >= 4 is 0 Å². The first kappa shape index (κ1) is 12.6. The van der Waals surface area contributed by atoms with Crippen LogP contribution in [-0.2, 0) is 19.5 Å². The summed E-state index contributed by atoms with van der Waals surface area (Å²) in [5.41, 5.74) is 3.82. The number of nitrogens with one attached hydrogen (secondary N) is 1. The molecule has 20 heavy (non-hydrogen) atoms. The quantitative estimate of drug-likeness (QED) is 0.900. The molecule has 0 saturated heterocycles. The molecule has 0 amide bonds. The van der Waals surface area contributed by atoms with E-state index in [-0.39, 0.29) is 5.56 Å². The van der Waals surface area contributed by atoms with Crippen LogP contribution >= 0.6 is 0 Å². The van der Waals surface area contributed by atoms with Gasteiger partial charge in [-0.25, -0.2) is 0 Å². The molecule has 3 rings (SSSR count). The number of hydrogen-bond acceptors (Lipinski definition) is 3. The molecule has 2 aromatic rings. The molecule has 100 valence electrons. The molecular formula is C16H15N3O. The van der Waals surface area contributed by atoms with E-state index >= 15 is 0 Å². The average molecular weight is 265 g/mol. The van der Waals surface area contributed by atoms with Crippen LogP contribution in [0.2, 0.25) is 0 Å². The zero-order valence-electron chi connectivity index (χ0n) is 11.1. The van der Waals surface area contributed by atoms with Gasteiger partial charge in [0.15, 0.2) is 0 Å². The second kappa shape index (κ2) is 5.32. The van der Waals surface area contributed by atoms with Crippen LogP contribution < -0.4 is 5.56 Å². The molecule has 0 spiro atoms. The predicted octanol–water partition coefficient (Wildman–Crippen LogP) is 1.80. The summed E-state index contributed by atoms with van der Waals surface area (Å²) in [7, 11) is 0. The molecule has 2 heterocycles. The third kappa shape index (κ3) is 2.49. The summed E-state index contributed by atoms with van der Waals surface area (Å²) < 4.78 is 0. The van der Waals surface area contributed by atoms with E-state index in [2.05, 4.69) is 16.0 Å². The molecule has 0 radical (unpaired) electrons. The number of aromatic amines is 1. The number of benzene rings is 1. The van der Waals surface area contributed by atoms with Crippen LogP contribution in [0, 0.1) is 11.3 Å². The van der Waals surface area contributed by atoms with E-state index in [1.165, 1.54) is 0 Å². The number of hydrogen-bond donors (Lipinski definition) is 1. The molecule has 0 atom stereocenters. The van der Waals surface area contributed by atoms with Gasteiger partial charge in [0.25, 0.3) is 5.56 Å². The van der Waals surface area contributed by atoms with Crippen LogP contribution in [0.15, 0.2) is 41.3 Å². The molecule has 0 bridgehead atoms. The topological polar surface area (TPSA) is 59.9 Å². The summed E-state index contributed by atoms with van der Waals surface area (Å²) in [6.45, 7) is 2.37. The van der Waals surface area contributed by atoms with E-state index in [1.54, 1.807) is 12.3 Å². The minimum atomic E-state index is 0.0120. The molecule has 0 unspecified atom stereocenters. The van der Waals surface area contributed by atoms with Crippen molar-refractivity contribution in [2.24, 2.45) is 0 Å². The first-order chi connectivity index (χ1) is 9.76. The Morgan fingerprint density at radius 2 is 2.25 bits per heavy atom. The van der Waals surface area contributed by atoms with Gasteiger partial charge in [-0.2, -0.15) is 5.26 Å². The van der Waals surface area contributed by atoms with Crippen LogP contribution in [0.3, 0.4) is 0 Å². The molecule has 1 N–H and O–H groups in total. The van der Waals surface area contributed by atoms with Gasteiger partial charge in [0.05, 0.1) is 11.6 Å². The smallest absolute Gasteiger partial charge is 0.252 e. The standard InChI is InChI=1S/C16H15N3O/c17-9-12-2-1-3-13(8-12)10-19-7-5-14-4-6-18-16(20)15(14)11-19/h1-4,6,8H,5,7,10-11H2,(H,18,20). The highest BCUT2D eigenvalue weighted by Crippen LogP contribution is 2.17. The summed E-state index contributed by atoms with van der Waals surface area (Å²) in [4.78, 5) is 16.8. The van der Waals surface area contributed by atoms with Crippen molar-refractivity contribution in [2.75, 3.05) is 6.54 Å². The van der Waals surface area contributed by atoms with E-state index in [0.717, 1.165) is 36.2 Å². The van der Waals surface area contributed by atoms with E-state index < -0.39 is 0 Å². The van der Waals surface area contributed by atoms with Gasteiger partial charge in [0.1, 0.15) is 0 Å². The van der Waals surface area contributed by atoms with Crippen LogP contribution in [0.25, 0.3) is 0 Å². The summed E-state index contributed by atoms with van der Waals surface area (Å²) in [6, 6.07) is 11.8. The number of aromatic nitrogens is 1. The lowest BCUT2D eigenvalue weighted by Gasteiger charge is -2.28. The Kier molecular flexibility index (Phi) is 3.36. The van der Waals surface area contributed by atoms with Crippen LogP contribution in [-0.4, -0.2) is 16.4 Å². The fourth-order valence-corrected chi connectivity index (χ4v) is 2.67. The molecule has 0 fully saturated rings. The van der Waals surface area contributed by atoms with Crippen molar-refractivity contribution in [2.45, 2.75) is 19.5 Å². The Hall–Kier alpha value is -2.38. The summed E-state index contributed by atoms with van der Waals surface area (Å²) >= 11 is 0. The zero-order valence-corrected chi connectivity index (χ0v) is 11.1. The molecule has 1 aromatic heterocycles. The van der Waals surface area contributed by atoms with Crippen LogP contribution in [0.4, 0.5) is 0 Å². The van der Waals surface area contributed by atoms with E-state index in [1.807, 2.05) is 24.3 Å². The van der Waals surface area contributed by atoms with Crippen molar-refractivity contribution in [1.29, 1.82) is 5.26 Å². The van der Waals surface area contributed by atoms with Crippen molar-refractivity contribution in [3.05, 3.63) is 69.1 Å². The van der Waals surface area contributed by atoms with Crippen LogP contribution in [0.1, 0.15) is 22.3 Å². The molecular weight excluding hydrogens is 250 g/mol. The number of fused-ring (bicyclic) bond motifs is 1. The highest BCUT2D eigenvalue weighted by molar-refractivity contribution is 5.33. The summed E-state index contributed by atoms with van der Waals surface area (Å²) in [5.74, 6) is 0. The maximum atomic E-state index is 11.8. The SMILES string of the molecule is N#Cc1cccc(CN2CCc3cc[nH]c(=O)c3C2)c1. The second-order valence-electron chi connectivity index (χ2n) is 5.08. The first-order valence-corrected chi connectivity index (χ1v) is 6.67.